The maximum atomic E-state index is 12.5. The average molecular weight is 313 g/mol. The number of Topliss-reactive ketones (excluding diaryl/α,β-unsaturated/α-hetero) is 1. The zero-order valence-corrected chi connectivity index (χ0v) is 10.0. The molecule has 0 atom stereocenters. The number of ketones is 1. The van der Waals surface area contributed by atoms with Crippen LogP contribution in [0.1, 0.15) is 10.5 Å². The van der Waals surface area contributed by atoms with Crippen LogP contribution in [0.5, 0.6) is 5.88 Å². The van der Waals surface area contributed by atoms with Crippen LogP contribution in [0.25, 0.3) is 5.65 Å². The van der Waals surface area contributed by atoms with Gasteiger partial charge >= 0.3 is 24.0 Å². The second kappa shape index (κ2) is 4.64. The number of aromatic nitrogens is 2. The third-order valence-electron chi connectivity index (χ3n) is 2.63. The lowest BCUT2D eigenvalue weighted by molar-refractivity contribution is -0.700. The summed E-state index contributed by atoms with van der Waals surface area (Å²) >= 11 is 0. The van der Waals surface area contributed by atoms with E-state index in [1.165, 1.54) is 12.1 Å². The van der Waals surface area contributed by atoms with Crippen molar-refractivity contribution in [1.82, 2.24) is 4.40 Å². The van der Waals surface area contributed by atoms with Crippen molar-refractivity contribution in [3.63, 3.8) is 0 Å². The van der Waals surface area contributed by atoms with Gasteiger partial charge in [0.05, 0.1) is 6.20 Å². The standard InChI is InChI=1S/C11H6F6N2O2/c12-10(13,14)5-19-6-3-1-2-4-18(6)7(9(19)21)8(20)11(15,16)17/h1-4H,5H2/p+1. The van der Waals surface area contributed by atoms with Crippen LogP contribution in [0.4, 0.5) is 26.3 Å². The second-order valence-corrected chi connectivity index (χ2v) is 4.13. The van der Waals surface area contributed by atoms with Crippen LogP contribution in [-0.4, -0.2) is 27.6 Å². The van der Waals surface area contributed by atoms with Gasteiger partial charge in [0.15, 0.2) is 6.54 Å². The number of carbonyl (C=O) groups excluding carboxylic acids is 1. The van der Waals surface area contributed by atoms with Crippen LogP contribution in [0.3, 0.4) is 0 Å². The normalized spacial score (nSPS) is 12.9. The van der Waals surface area contributed by atoms with Gasteiger partial charge in [-0.1, -0.05) is 6.07 Å². The van der Waals surface area contributed by atoms with Crippen LogP contribution >= 0.6 is 0 Å². The van der Waals surface area contributed by atoms with E-state index in [9.17, 15) is 36.2 Å². The molecule has 0 unspecified atom stereocenters. The largest absolute Gasteiger partial charge is 0.475 e. The van der Waals surface area contributed by atoms with Crippen LogP contribution in [0.15, 0.2) is 24.4 Å². The molecule has 0 radical (unpaired) electrons. The zero-order valence-electron chi connectivity index (χ0n) is 10.0. The zero-order chi connectivity index (χ0) is 16.0. The summed E-state index contributed by atoms with van der Waals surface area (Å²) in [4.78, 5) is 11.3. The first-order valence-corrected chi connectivity index (χ1v) is 5.42. The van der Waals surface area contributed by atoms with Gasteiger partial charge in [0.1, 0.15) is 0 Å². The average Bonchev–Trinajstić information content (AvgIpc) is 2.59. The molecule has 114 valence electrons. The molecule has 0 aliphatic carbocycles. The van der Waals surface area contributed by atoms with E-state index < -0.39 is 36.3 Å². The number of halogens is 6. The van der Waals surface area contributed by atoms with Gasteiger partial charge in [-0.15, -0.1) is 0 Å². The van der Waals surface area contributed by atoms with Gasteiger partial charge < -0.3 is 5.11 Å². The molecule has 4 nitrogen and oxygen atoms in total. The Kier molecular flexibility index (Phi) is 3.34. The minimum absolute atomic E-state index is 0.193. The molecule has 0 amide bonds. The molecule has 2 aromatic heterocycles. The van der Waals surface area contributed by atoms with E-state index in [-0.39, 0.29) is 10.2 Å². The number of pyridine rings is 1. The van der Waals surface area contributed by atoms with E-state index in [4.69, 9.17) is 0 Å². The molecule has 0 aliphatic heterocycles. The molecule has 0 spiro atoms. The molecule has 10 heteroatoms. The summed E-state index contributed by atoms with van der Waals surface area (Å²) in [5.74, 6) is -3.82. The predicted octanol–water partition coefficient (Wildman–Crippen LogP) is 2.24. The first-order valence-electron chi connectivity index (χ1n) is 5.42. The number of imidazole rings is 1. The molecule has 0 saturated carbocycles. The highest BCUT2D eigenvalue weighted by Crippen LogP contribution is 2.28. The van der Waals surface area contributed by atoms with Gasteiger partial charge in [-0.05, 0) is 6.07 Å². The smallest absolute Gasteiger partial charge is 0.459 e. The molecule has 21 heavy (non-hydrogen) atoms. The Morgan fingerprint density at radius 1 is 1.19 bits per heavy atom. The van der Waals surface area contributed by atoms with Crippen molar-refractivity contribution in [3.8, 4) is 5.88 Å². The quantitative estimate of drug-likeness (QED) is 0.525. The monoisotopic (exact) mass is 313 g/mol. The van der Waals surface area contributed by atoms with Crippen molar-refractivity contribution < 1.29 is 40.8 Å². The summed E-state index contributed by atoms with van der Waals surface area (Å²) in [6.45, 7) is -1.72. The number of fused-ring (bicyclic) bond motifs is 1. The first-order chi connectivity index (χ1) is 9.52. The summed E-state index contributed by atoms with van der Waals surface area (Å²) in [6, 6.07) is 3.54. The van der Waals surface area contributed by atoms with Crippen molar-refractivity contribution in [2.75, 3.05) is 0 Å². The van der Waals surface area contributed by atoms with Crippen LogP contribution < -0.4 is 4.57 Å². The highest BCUT2D eigenvalue weighted by atomic mass is 19.4. The van der Waals surface area contributed by atoms with Crippen LogP contribution in [0.2, 0.25) is 0 Å². The lowest BCUT2D eigenvalue weighted by Gasteiger charge is -2.03. The topological polar surface area (TPSA) is 45.6 Å². The third kappa shape index (κ3) is 2.78. The van der Waals surface area contributed by atoms with Crippen molar-refractivity contribution >= 4 is 11.4 Å². The molecular weight excluding hydrogens is 306 g/mol. The van der Waals surface area contributed by atoms with Crippen LogP contribution in [-0.2, 0) is 6.54 Å². The summed E-state index contributed by atoms with van der Waals surface area (Å²) in [5, 5.41) is 9.63. The van der Waals surface area contributed by atoms with Crippen molar-refractivity contribution in [2.24, 2.45) is 0 Å². The summed E-state index contributed by atoms with van der Waals surface area (Å²) < 4.78 is 75.5. The number of carbonyl (C=O) groups is 1. The molecule has 0 aliphatic rings. The van der Waals surface area contributed by atoms with E-state index in [0.29, 0.717) is 4.40 Å². The van der Waals surface area contributed by atoms with Crippen molar-refractivity contribution in [1.29, 1.82) is 0 Å². The predicted molar refractivity (Wildman–Crippen MR) is 55.7 cm³/mol. The van der Waals surface area contributed by atoms with E-state index in [2.05, 4.69) is 0 Å². The Morgan fingerprint density at radius 2 is 1.81 bits per heavy atom. The molecule has 1 N–H and O–H groups in total. The van der Waals surface area contributed by atoms with Crippen LogP contribution in [0, 0.1) is 0 Å². The minimum atomic E-state index is -5.32. The number of hydrogen-bond acceptors (Lipinski definition) is 2. The minimum Gasteiger partial charge on any atom is -0.475 e. The Labute approximate surface area is 112 Å². The van der Waals surface area contributed by atoms with Gasteiger partial charge in [0.2, 0.25) is 0 Å². The van der Waals surface area contributed by atoms with E-state index in [1.807, 2.05) is 0 Å². The van der Waals surface area contributed by atoms with Gasteiger partial charge in [0, 0.05) is 6.07 Å². The molecule has 0 aromatic carbocycles. The molecular formula is C11H7F6N2O2+. The maximum absolute atomic E-state index is 12.5. The Morgan fingerprint density at radius 3 is 2.33 bits per heavy atom. The number of aromatic hydroxyl groups is 1. The molecule has 2 heterocycles. The highest BCUT2D eigenvalue weighted by molar-refractivity contribution is 6.00. The fourth-order valence-corrected chi connectivity index (χ4v) is 1.87. The number of alkyl halides is 6. The Hall–Kier alpha value is -2.26. The Balaban J connectivity index is 2.73. The maximum Gasteiger partial charge on any atom is 0.459 e. The highest BCUT2D eigenvalue weighted by Gasteiger charge is 2.48. The van der Waals surface area contributed by atoms with E-state index >= 15 is 0 Å². The fourth-order valence-electron chi connectivity index (χ4n) is 1.87. The lowest BCUT2D eigenvalue weighted by Crippen LogP contribution is -2.41. The molecule has 0 fully saturated rings. The first kappa shape index (κ1) is 15.1. The summed E-state index contributed by atoms with van der Waals surface area (Å²) in [6.07, 6.45) is -9.14. The van der Waals surface area contributed by atoms with E-state index in [1.54, 1.807) is 0 Å². The van der Waals surface area contributed by atoms with Gasteiger partial charge in [-0.3, -0.25) is 4.79 Å². The summed E-state index contributed by atoms with van der Waals surface area (Å²) in [5.41, 5.74) is -1.65. The second-order valence-electron chi connectivity index (χ2n) is 4.13. The molecule has 0 saturated heterocycles. The lowest BCUT2D eigenvalue weighted by atomic mass is 10.3. The molecule has 0 bridgehead atoms. The Bertz CT molecular complexity index is 701. The fraction of sp³-hybridized carbons (Fsp3) is 0.273. The summed E-state index contributed by atoms with van der Waals surface area (Å²) in [7, 11) is 0. The van der Waals surface area contributed by atoms with E-state index in [0.717, 1.165) is 12.3 Å². The SMILES string of the molecule is O=C(c1c(O)[n+](CC(F)(F)F)c2ccccn12)C(F)(F)F. The molecule has 2 aromatic rings. The van der Waals surface area contributed by atoms with Crippen molar-refractivity contribution in [2.45, 2.75) is 18.9 Å². The number of nitrogens with zero attached hydrogens (tertiary/aromatic N) is 2. The molecule has 2 rings (SSSR count). The van der Waals surface area contributed by atoms with Gasteiger partial charge in [0.25, 0.3) is 11.3 Å². The third-order valence-corrected chi connectivity index (χ3v) is 2.63. The van der Waals surface area contributed by atoms with Crippen molar-refractivity contribution in [3.05, 3.63) is 30.1 Å². The van der Waals surface area contributed by atoms with Gasteiger partial charge in [-0.2, -0.15) is 35.3 Å². The van der Waals surface area contributed by atoms with Gasteiger partial charge in [-0.25, -0.2) is 0 Å². The number of rotatable bonds is 2. The number of hydrogen-bond donors (Lipinski definition) is 1.